The van der Waals surface area contributed by atoms with Crippen molar-refractivity contribution >= 4 is 34.9 Å². The standard InChI is InChI=1S/C28H32FN5O6S/c1-38-20-10-5-16(14-21(20)39-2)11-12-34(28(37)25-22(30)23(26(31)35)33-41-25)24(17-6-8-18(29)9-7-17)27(36)32-15-19-4-3-13-40-19/h5-10,14,19,24H,3-4,11-13,15,30H2,1-2H3,(H2,31,35)(H,32,36)/t19-,24-/m0/s1. The van der Waals surface area contributed by atoms with Gasteiger partial charge in [-0.3, -0.25) is 14.4 Å². The summed E-state index contributed by atoms with van der Waals surface area (Å²) in [4.78, 5) is 40.9. The first-order chi connectivity index (χ1) is 19.7. The van der Waals surface area contributed by atoms with Gasteiger partial charge in [-0.2, -0.15) is 4.37 Å². The molecule has 2 atom stereocenters. The molecule has 0 aliphatic carbocycles. The number of hydrogen-bond acceptors (Lipinski definition) is 9. The molecule has 2 heterocycles. The maximum atomic E-state index is 14.0. The molecule has 1 aromatic heterocycles. The number of aromatic nitrogens is 1. The fourth-order valence-electron chi connectivity index (χ4n) is 4.63. The molecule has 41 heavy (non-hydrogen) atoms. The summed E-state index contributed by atoms with van der Waals surface area (Å²) in [6.45, 7) is 0.917. The van der Waals surface area contributed by atoms with Crippen molar-refractivity contribution < 1.29 is 33.0 Å². The molecule has 2 aromatic carbocycles. The van der Waals surface area contributed by atoms with E-state index in [0.29, 0.717) is 30.1 Å². The average molecular weight is 586 g/mol. The second-order valence-electron chi connectivity index (χ2n) is 9.41. The van der Waals surface area contributed by atoms with Crippen molar-refractivity contribution in [2.45, 2.75) is 31.4 Å². The van der Waals surface area contributed by atoms with Crippen LogP contribution >= 0.6 is 11.5 Å². The Labute approximate surface area is 240 Å². The molecule has 0 bridgehead atoms. The Morgan fingerprint density at radius 2 is 1.90 bits per heavy atom. The number of carbonyl (C=O) groups is 3. The number of anilines is 1. The number of halogens is 1. The zero-order valence-corrected chi connectivity index (χ0v) is 23.5. The highest BCUT2D eigenvalue weighted by Gasteiger charge is 2.35. The number of ether oxygens (including phenoxy) is 3. The normalized spacial score (nSPS) is 15.2. The minimum absolute atomic E-state index is 0.0369. The molecule has 5 N–H and O–H groups in total. The Bertz CT molecular complexity index is 1390. The minimum atomic E-state index is -1.16. The van der Waals surface area contributed by atoms with Gasteiger partial charge in [-0.25, -0.2) is 4.39 Å². The molecule has 11 nitrogen and oxygen atoms in total. The highest BCUT2D eigenvalue weighted by Crippen LogP contribution is 2.31. The van der Waals surface area contributed by atoms with E-state index in [1.54, 1.807) is 12.1 Å². The minimum Gasteiger partial charge on any atom is -0.493 e. The van der Waals surface area contributed by atoms with Gasteiger partial charge in [0.15, 0.2) is 17.2 Å². The number of carbonyl (C=O) groups excluding carboxylic acids is 3. The highest BCUT2D eigenvalue weighted by molar-refractivity contribution is 7.09. The SMILES string of the molecule is COc1ccc(CCN(C(=O)c2snc(C(N)=O)c2N)[C@H](C(=O)NC[C@@H]2CCCO2)c2ccc(F)cc2)cc1OC. The molecule has 1 fully saturated rings. The van der Waals surface area contributed by atoms with Crippen LogP contribution in [-0.2, 0) is 16.0 Å². The lowest BCUT2D eigenvalue weighted by Crippen LogP contribution is -2.46. The van der Waals surface area contributed by atoms with Crippen LogP contribution in [0.5, 0.6) is 11.5 Å². The zero-order chi connectivity index (χ0) is 29.5. The summed E-state index contributed by atoms with van der Waals surface area (Å²) >= 11 is 0.719. The highest BCUT2D eigenvalue weighted by atomic mass is 32.1. The Morgan fingerprint density at radius 3 is 2.51 bits per heavy atom. The Kier molecular flexibility index (Phi) is 9.73. The van der Waals surface area contributed by atoms with Crippen molar-refractivity contribution in [3.63, 3.8) is 0 Å². The molecule has 4 rings (SSSR count). The van der Waals surface area contributed by atoms with E-state index in [-0.39, 0.29) is 35.5 Å². The van der Waals surface area contributed by atoms with E-state index in [9.17, 15) is 18.8 Å². The Morgan fingerprint density at radius 1 is 1.17 bits per heavy atom. The van der Waals surface area contributed by atoms with Gasteiger partial charge in [-0.05, 0) is 66.2 Å². The van der Waals surface area contributed by atoms with E-state index in [0.717, 1.165) is 29.9 Å². The van der Waals surface area contributed by atoms with E-state index in [4.69, 9.17) is 25.7 Å². The summed E-state index contributed by atoms with van der Waals surface area (Å²) in [6, 6.07) is 9.52. The number of hydrogen-bond donors (Lipinski definition) is 3. The monoisotopic (exact) mass is 585 g/mol. The van der Waals surface area contributed by atoms with Gasteiger partial charge in [0.25, 0.3) is 11.8 Å². The molecular weight excluding hydrogens is 553 g/mol. The topological polar surface area (TPSA) is 159 Å². The van der Waals surface area contributed by atoms with Crippen molar-refractivity contribution in [2.24, 2.45) is 5.73 Å². The van der Waals surface area contributed by atoms with Crippen LogP contribution in [0.2, 0.25) is 0 Å². The molecule has 0 spiro atoms. The maximum absolute atomic E-state index is 14.0. The van der Waals surface area contributed by atoms with Gasteiger partial charge < -0.3 is 35.9 Å². The number of methoxy groups -OCH3 is 2. The molecule has 0 saturated carbocycles. The van der Waals surface area contributed by atoms with Gasteiger partial charge in [0.2, 0.25) is 5.91 Å². The molecule has 13 heteroatoms. The molecule has 1 aliphatic heterocycles. The van der Waals surface area contributed by atoms with Crippen molar-refractivity contribution in [2.75, 3.05) is 39.6 Å². The number of nitrogen functional groups attached to an aromatic ring is 1. The fourth-order valence-corrected chi connectivity index (χ4v) is 5.39. The zero-order valence-electron chi connectivity index (χ0n) is 22.7. The van der Waals surface area contributed by atoms with E-state index in [1.165, 1.54) is 43.4 Å². The Hall–Kier alpha value is -4.23. The third-order valence-electron chi connectivity index (χ3n) is 6.78. The predicted octanol–water partition coefficient (Wildman–Crippen LogP) is 2.70. The van der Waals surface area contributed by atoms with Crippen LogP contribution in [0, 0.1) is 5.82 Å². The largest absolute Gasteiger partial charge is 0.493 e. The quantitative estimate of drug-likeness (QED) is 0.293. The number of amides is 3. The number of nitrogens with zero attached hydrogens (tertiary/aromatic N) is 2. The number of benzene rings is 2. The van der Waals surface area contributed by atoms with Crippen LogP contribution in [0.15, 0.2) is 42.5 Å². The third kappa shape index (κ3) is 6.92. The van der Waals surface area contributed by atoms with Crippen LogP contribution in [0.3, 0.4) is 0 Å². The van der Waals surface area contributed by atoms with E-state index < -0.39 is 29.6 Å². The van der Waals surface area contributed by atoms with Crippen LogP contribution in [0.1, 0.15) is 50.2 Å². The van der Waals surface area contributed by atoms with Crippen molar-refractivity contribution in [1.29, 1.82) is 0 Å². The number of rotatable bonds is 12. The first-order valence-corrected chi connectivity index (χ1v) is 13.7. The van der Waals surface area contributed by atoms with Gasteiger partial charge in [0.1, 0.15) is 16.7 Å². The first-order valence-electron chi connectivity index (χ1n) is 12.9. The average Bonchev–Trinajstić information content (AvgIpc) is 3.64. The summed E-state index contributed by atoms with van der Waals surface area (Å²) in [5.74, 6) is -1.43. The number of nitrogens with one attached hydrogen (secondary N) is 1. The molecule has 0 unspecified atom stereocenters. The van der Waals surface area contributed by atoms with Crippen LogP contribution in [0.25, 0.3) is 0 Å². The van der Waals surface area contributed by atoms with Crippen molar-refractivity contribution in [3.8, 4) is 11.5 Å². The number of nitrogens with two attached hydrogens (primary N) is 2. The second kappa shape index (κ2) is 13.4. The van der Waals surface area contributed by atoms with Crippen LogP contribution < -0.4 is 26.3 Å². The van der Waals surface area contributed by atoms with E-state index in [1.807, 2.05) is 6.07 Å². The molecule has 1 saturated heterocycles. The molecule has 1 aliphatic rings. The maximum Gasteiger partial charge on any atom is 0.270 e. The van der Waals surface area contributed by atoms with Gasteiger partial charge in [-0.1, -0.05) is 18.2 Å². The molecular formula is C28H32FN5O6S. The number of primary amides is 1. The van der Waals surface area contributed by atoms with Crippen LogP contribution in [0.4, 0.5) is 10.1 Å². The van der Waals surface area contributed by atoms with Crippen LogP contribution in [-0.4, -0.2) is 67.0 Å². The first kappa shape index (κ1) is 29.7. The fraction of sp³-hybridized carbons (Fsp3) is 0.357. The molecule has 3 amide bonds. The summed E-state index contributed by atoms with van der Waals surface area (Å²) in [6.07, 6.45) is 1.87. The lowest BCUT2D eigenvalue weighted by molar-refractivity contribution is -0.126. The summed E-state index contributed by atoms with van der Waals surface area (Å²) in [5, 5.41) is 2.89. The molecule has 218 valence electrons. The molecule has 3 aromatic rings. The predicted molar refractivity (Wildman–Crippen MR) is 150 cm³/mol. The van der Waals surface area contributed by atoms with Crippen molar-refractivity contribution in [1.82, 2.24) is 14.6 Å². The lowest BCUT2D eigenvalue weighted by Gasteiger charge is -2.31. The van der Waals surface area contributed by atoms with Gasteiger partial charge in [-0.15, -0.1) is 0 Å². The molecule has 0 radical (unpaired) electrons. The third-order valence-corrected chi connectivity index (χ3v) is 7.63. The summed E-state index contributed by atoms with van der Waals surface area (Å²) < 4.78 is 34.2. The van der Waals surface area contributed by atoms with Gasteiger partial charge in [0.05, 0.1) is 26.0 Å². The van der Waals surface area contributed by atoms with E-state index >= 15 is 0 Å². The van der Waals surface area contributed by atoms with Gasteiger partial charge >= 0.3 is 0 Å². The summed E-state index contributed by atoms with van der Waals surface area (Å²) in [7, 11) is 3.05. The van der Waals surface area contributed by atoms with Gasteiger partial charge in [0, 0.05) is 19.7 Å². The smallest absolute Gasteiger partial charge is 0.270 e. The van der Waals surface area contributed by atoms with E-state index in [2.05, 4.69) is 9.69 Å². The Balaban J connectivity index is 1.72. The summed E-state index contributed by atoms with van der Waals surface area (Å²) in [5.41, 5.74) is 12.3. The van der Waals surface area contributed by atoms with Crippen molar-refractivity contribution in [3.05, 3.63) is 70.0 Å². The second-order valence-corrected chi connectivity index (χ2v) is 10.2. The lowest BCUT2D eigenvalue weighted by atomic mass is 10.0.